The predicted molar refractivity (Wildman–Crippen MR) is 51.3 cm³/mol. The van der Waals surface area contributed by atoms with Crippen LogP contribution >= 0.6 is 0 Å². The Bertz CT molecular complexity index is 161. The van der Waals surface area contributed by atoms with Gasteiger partial charge in [-0.3, -0.25) is 0 Å². The lowest BCUT2D eigenvalue weighted by Crippen LogP contribution is -2.17. The van der Waals surface area contributed by atoms with E-state index in [9.17, 15) is 0 Å². The minimum absolute atomic E-state index is 0.600. The molecule has 0 saturated heterocycles. The quantitative estimate of drug-likeness (QED) is 0.576. The summed E-state index contributed by atoms with van der Waals surface area (Å²) >= 11 is 0. The molecule has 1 rings (SSSR count). The second-order valence-electron chi connectivity index (χ2n) is 3.53. The summed E-state index contributed by atoms with van der Waals surface area (Å²) < 4.78 is 5.46. The zero-order valence-electron chi connectivity index (χ0n) is 8.09. The standard InChI is InChI=1S/C10H18N2O/c11-5-1-6-12-7-2-8-13-9-10-3-4-10/h10,12H,1-4,6-9H2. The molecule has 1 aliphatic rings. The first-order chi connectivity index (χ1) is 6.43. The van der Waals surface area contributed by atoms with Crippen molar-refractivity contribution in [3.63, 3.8) is 0 Å². The Morgan fingerprint density at radius 1 is 1.38 bits per heavy atom. The second kappa shape index (κ2) is 6.88. The van der Waals surface area contributed by atoms with Crippen molar-refractivity contribution < 1.29 is 4.74 Å². The first kappa shape index (κ1) is 10.5. The molecule has 1 N–H and O–H groups in total. The van der Waals surface area contributed by atoms with Crippen molar-refractivity contribution in [1.82, 2.24) is 5.32 Å². The SMILES string of the molecule is N#CCCNCCCOCC1CC1. The molecule has 3 nitrogen and oxygen atoms in total. The van der Waals surface area contributed by atoms with Crippen LogP contribution in [0.1, 0.15) is 25.7 Å². The Kier molecular flexibility index (Phi) is 5.55. The molecule has 1 aliphatic carbocycles. The van der Waals surface area contributed by atoms with Crippen LogP contribution in [0.3, 0.4) is 0 Å². The zero-order valence-corrected chi connectivity index (χ0v) is 8.09. The average molecular weight is 182 g/mol. The van der Waals surface area contributed by atoms with Crippen molar-refractivity contribution in [1.29, 1.82) is 5.26 Å². The summed E-state index contributed by atoms with van der Waals surface area (Å²) in [5, 5.41) is 11.4. The Balaban J connectivity index is 1.66. The van der Waals surface area contributed by atoms with E-state index in [1.807, 2.05) is 0 Å². The largest absolute Gasteiger partial charge is 0.381 e. The highest BCUT2D eigenvalue weighted by molar-refractivity contribution is 4.72. The summed E-state index contributed by atoms with van der Waals surface area (Å²) in [7, 11) is 0. The van der Waals surface area contributed by atoms with Crippen molar-refractivity contribution in [2.24, 2.45) is 5.92 Å². The monoisotopic (exact) mass is 182 g/mol. The van der Waals surface area contributed by atoms with Gasteiger partial charge in [0.1, 0.15) is 0 Å². The summed E-state index contributed by atoms with van der Waals surface area (Å²) in [5.41, 5.74) is 0. The van der Waals surface area contributed by atoms with Crippen LogP contribution in [0.2, 0.25) is 0 Å². The lowest BCUT2D eigenvalue weighted by atomic mass is 10.4. The Morgan fingerprint density at radius 3 is 2.92 bits per heavy atom. The third kappa shape index (κ3) is 6.56. The number of nitrogens with zero attached hydrogens (tertiary/aromatic N) is 1. The average Bonchev–Trinajstić information content (AvgIpc) is 2.93. The lowest BCUT2D eigenvalue weighted by molar-refractivity contribution is 0.122. The molecule has 0 aliphatic heterocycles. The van der Waals surface area contributed by atoms with Crippen molar-refractivity contribution in [2.45, 2.75) is 25.7 Å². The molecular formula is C10H18N2O. The Hall–Kier alpha value is -0.590. The van der Waals surface area contributed by atoms with E-state index in [-0.39, 0.29) is 0 Å². The highest BCUT2D eigenvalue weighted by Crippen LogP contribution is 2.28. The van der Waals surface area contributed by atoms with Gasteiger partial charge >= 0.3 is 0 Å². The molecule has 0 heterocycles. The maximum Gasteiger partial charge on any atom is 0.0635 e. The van der Waals surface area contributed by atoms with Gasteiger partial charge in [-0.2, -0.15) is 5.26 Å². The fourth-order valence-electron chi connectivity index (χ4n) is 1.10. The van der Waals surface area contributed by atoms with Gasteiger partial charge in [0.2, 0.25) is 0 Å². The first-order valence-electron chi connectivity index (χ1n) is 5.09. The molecular weight excluding hydrogens is 164 g/mol. The summed E-state index contributed by atoms with van der Waals surface area (Å²) in [5.74, 6) is 0.867. The van der Waals surface area contributed by atoms with Crippen LogP contribution in [-0.2, 0) is 4.74 Å². The summed E-state index contributed by atoms with van der Waals surface area (Å²) in [6.07, 6.45) is 4.38. The molecule has 0 aromatic heterocycles. The maximum atomic E-state index is 8.26. The fraction of sp³-hybridized carbons (Fsp3) is 0.900. The van der Waals surface area contributed by atoms with E-state index >= 15 is 0 Å². The van der Waals surface area contributed by atoms with E-state index in [1.165, 1.54) is 12.8 Å². The summed E-state index contributed by atoms with van der Waals surface area (Å²) in [4.78, 5) is 0. The lowest BCUT2D eigenvalue weighted by Gasteiger charge is -2.03. The van der Waals surface area contributed by atoms with Crippen LogP contribution in [0.4, 0.5) is 0 Å². The van der Waals surface area contributed by atoms with E-state index in [1.54, 1.807) is 0 Å². The van der Waals surface area contributed by atoms with Gasteiger partial charge in [0.15, 0.2) is 0 Å². The van der Waals surface area contributed by atoms with E-state index < -0.39 is 0 Å². The summed E-state index contributed by atoms with van der Waals surface area (Å²) in [6.45, 7) is 3.58. The van der Waals surface area contributed by atoms with Crippen molar-refractivity contribution in [3.8, 4) is 6.07 Å². The van der Waals surface area contributed by atoms with Crippen molar-refractivity contribution in [2.75, 3.05) is 26.3 Å². The van der Waals surface area contributed by atoms with Gasteiger partial charge in [-0.15, -0.1) is 0 Å². The zero-order chi connectivity index (χ0) is 9.36. The molecule has 3 heteroatoms. The number of nitriles is 1. The molecule has 13 heavy (non-hydrogen) atoms. The molecule has 0 aromatic carbocycles. The Labute approximate surface area is 80.1 Å². The van der Waals surface area contributed by atoms with Crippen LogP contribution in [0.5, 0.6) is 0 Å². The van der Waals surface area contributed by atoms with E-state index in [2.05, 4.69) is 11.4 Å². The minimum Gasteiger partial charge on any atom is -0.381 e. The van der Waals surface area contributed by atoms with Gasteiger partial charge in [-0.05, 0) is 31.7 Å². The van der Waals surface area contributed by atoms with E-state index in [4.69, 9.17) is 10.00 Å². The van der Waals surface area contributed by atoms with Gasteiger partial charge in [0, 0.05) is 26.2 Å². The highest BCUT2D eigenvalue weighted by Gasteiger charge is 2.20. The Morgan fingerprint density at radius 2 is 2.23 bits per heavy atom. The molecule has 1 saturated carbocycles. The van der Waals surface area contributed by atoms with Gasteiger partial charge in [0.25, 0.3) is 0 Å². The van der Waals surface area contributed by atoms with Crippen LogP contribution in [0, 0.1) is 17.2 Å². The van der Waals surface area contributed by atoms with Gasteiger partial charge < -0.3 is 10.1 Å². The van der Waals surface area contributed by atoms with Crippen LogP contribution in [-0.4, -0.2) is 26.3 Å². The number of nitrogens with one attached hydrogen (secondary N) is 1. The number of hydrogen-bond donors (Lipinski definition) is 1. The van der Waals surface area contributed by atoms with Crippen LogP contribution in [0.15, 0.2) is 0 Å². The minimum atomic E-state index is 0.600. The molecule has 0 spiro atoms. The van der Waals surface area contributed by atoms with Crippen LogP contribution < -0.4 is 5.32 Å². The van der Waals surface area contributed by atoms with E-state index in [0.29, 0.717) is 6.42 Å². The normalized spacial score (nSPS) is 15.6. The van der Waals surface area contributed by atoms with Crippen molar-refractivity contribution in [3.05, 3.63) is 0 Å². The third-order valence-electron chi connectivity index (χ3n) is 2.11. The summed E-state index contributed by atoms with van der Waals surface area (Å²) in [6, 6.07) is 2.10. The molecule has 0 aromatic rings. The van der Waals surface area contributed by atoms with Gasteiger partial charge in [0.05, 0.1) is 6.07 Å². The van der Waals surface area contributed by atoms with Gasteiger partial charge in [-0.1, -0.05) is 0 Å². The topological polar surface area (TPSA) is 45.0 Å². The fourth-order valence-corrected chi connectivity index (χ4v) is 1.10. The second-order valence-corrected chi connectivity index (χ2v) is 3.53. The molecule has 1 fully saturated rings. The predicted octanol–water partition coefficient (Wildman–Crippen LogP) is 1.31. The number of rotatable bonds is 8. The first-order valence-corrected chi connectivity index (χ1v) is 5.09. The highest BCUT2D eigenvalue weighted by atomic mass is 16.5. The van der Waals surface area contributed by atoms with Crippen molar-refractivity contribution >= 4 is 0 Å². The number of ether oxygens (including phenoxy) is 1. The molecule has 0 radical (unpaired) electrons. The number of hydrogen-bond acceptors (Lipinski definition) is 3. The smallest absolute Gasteiger partial charge is 0.0635 e. The third-order valence-corrected chi connectivity index (χ3v) is 2.11. The molecule has 0 unspecified atom stereocenters. The molecule has 0 atom stereocenters. The maximum absolute atomic E-state index is 8.26. The molecule has 0 amide bonds. The van der Waals surface area contributed by atoms with Crippen LogP contribution in [0.25, 0.3) is 0 Å². The van der Waals surface area contributed by atoms with Gasteiger partial charge in [-0.25, -0.2) is 0 Å². The van der Waals surface area contributed by atoms with E-state index in [0.717, 1.165) is 38.6 Å². The molecule has 0 bridgehead atoms. The molecule has 74 valence electrons.